The smallest absolute Gasteiger partial charge is 0.306 e. The standard InChI is InChI=1S/C49H94O6/c1-7-45(6)37-31-25-21-22-27-33-39-48(51)54-42-46(41-53-47(50)38-32-26-19-16-15-18-24-30-36-44(4)5)55-49(52)40-34-28-20-14-12-10-8-9-11-13-17-23-29-35-43(2)3/h43-46H,7-42H2,1-6H3/t45?,46-/m0/s1. The van der Waals surface area contributed by atoms with Crippen molar-refractivity contribution < 1.29 is 28.6 Å². The molecule has 55 heavy (non-hydrogen) atoms. The van der Waals surface area contributed by atoms with Gasteiger partial charge in [-0.2, -0.15) is 0 Å². The summed E-state index contributed by atoms with van der Waals surface area (Å²) in [6.07, 6.45) is 38.1. The zero-order valence-electron chi connectivity index (χ0n) is 37.7. The Kier molecular flexibility index (Phi) is 39.4. The number of carbonyl (C=O) groups excluding carboxylic acids is 3. The zero-order chi connectivity index (χ0) is 40.6. The van der Waals surface area contributed by atoms with Crippen molar-refractivity contribution in [2.24, 2.45) is 17.8 Å². The molecule has 0 N–H and O–H groups in total. The molecule has 0 spiro atoms. The Hall–Kier alpha value is -1.59. The van der Waals surface area contributed by atoms with E-state index in [1.807, 2.05) is 0 Å². The SMILES string of the molecule is CCC(C)CCCCCCCCC(=O)OC[C@H](COC(=O)CCCCCCCCCCC(C)C)OC(=O)CCCCCCCCCCCCCCCC(C)C. The third kappa shape index (κ3) is 41.9. The predicted molar refractivity (Wildman–Crippen MR) is 233 cm³/mol. The monoisotopic (exact) mass is 779 g/mol. The van der Waals surface area contributed by atoms with Gasteiger partial charge in [0.2, 0.25) is 0 Å². The average molecular weight is 779 g/mol. The Morgan fingerprint density at radius 3 is 0.945 bits per heavy atom. The van der Waals surface area contributed by atoms with E-state index >= 15 is 0 Å². The highest BCUT2D eigenvalue weighted by Crippen LogP contribution is 2.17. The molecule has 0 bridgehead atoms. The molecule has 6 nitrogen and oxygen atoms in total. The van der Waals surface area contributed by atoms with Gasteiger partial charge in [-0.1, -0.05) is 221 Å². The second-order valence-corrected chi connectivity index (χ2v) is 17.9. The van der Waals surface area contributed by atoms with Crippen molar-refractivity contribution in [2.75, 3.05) is 13.2 Å². The lowest BCUT2D eigenvalue weighted by molar-refractivity contribution is -0.167. The molecule has 326 valence electrons. The lowest BCUT2D eigenvalue weighted by atomic mass is 10.00. The molecular formula is C49H94O6. The average Bonchev–Trinajstić information content (AvgIpc) is 3.15. The first-order chi connectivity index (χ1) is 26.6. The molecule has 0 aliphatic heterocycles. The van der Waals surface area contributed by atoms with Crippen LogP contribution in [0.25, 0.3) is 0 Å². The number of unbranched alkanes of at least 4 members (excludes halogenated alkanes) is 24. The van der Waals surface area contributed by atoms with Crippen LogP contribution in [0.15, 0.2) is 0 Å². The second kappa shape index (κ2) is 40.6. The van der Waals surface area contributed by atoms with Gasteiger partial charge in [0.25, 0.3) is 0 Å². The summed E-state index contributed by atoms with van der Waals surface area (Å²) in [7, 11) is 0. The first-order valence-electron chi connectivity index (χ1n) is 24.1. The van der Waals surface area contributed by atoms with Gasteiger partial charge in [-0.3, -0.25) is 14.4 Å². The highest BCUT2D eigenvalue weighted by molar-refractivity contribution is 5.71. The quantitative estimate of drug-likeness (QED) is 0.0349. The summed E-state index contributed by atoms with van der Waals surface area (Å²) in [6.45, 7) is 13.6. The van der Waals surface area contributed by atoms with Gasteiger partial charge in [0.15, 0.2) is 6.10 Å². The molecule has 0 radical (unpaired) electrons. The fourth-order valence-electron chi connectivity index (χ4n) is 7.20. The summed E-state index contributed by atoms with van der Waals surface area (Å²) in [5.74, 6) is 1.59. The van der Waals surface area contributed by atoms with E-state index in [9.17, 15) is 14.4 Å². The zero-order valence-corrected chi connectivity index (χ0v) is 37.7. The predicted octanol–water partition coefficient (Wildman–Crippen LogP) is 15.2. The van der Waals surface area contributed by atoms with Crippen molar-refractivity contribution in [2.45, 2.75) is 266 Å². The lowest BCUT2D eigenvalue weighted by Gasteiger charge is -2.18. The van der Waals surface area contributed by atoms with Crippen LogP contribution in [-0.4, -0.2) is 37.2 Å². The lowest BCUT2D eigenvalue weighted by Crippen LogP contribution is -2.30. The molecule has 6 heteroatoms. The van der Waals surface area contributed by atoms with Crippen molar-refractivity contribution in [3.05, 3.63) is 0 Å². The molecule has 0 aliphatic rings. The summed E-state index contributed by atoms with van der Waals surface area (Å²) in [6, 6.07) is 0. The fourth-order valence-corrected chi connectivity index (χ4v) is 7.20. The normalized spacial score (nSPS) is 12.7. The van der Waals surface area contributed by atoms with Crippen molar-refractivity contribution >= 4 is 17.9 Å². The first-order valence-corrected chi connectivity index (χ1v) is 24.1. The molecular weight excluding hydrogens is 685 g/mol. The van der Waals surface area contributed by atoms with E-state index in [0.29, 0.717) is 19.3 Å². The molecule has 0 aliphatic carbocycles. The summed E-state index contributed by atoms with van der Waals surface area (Å²) >= 11 is 0. The molecule has 0 aromatic heterocycles. The Balaban J connectivity index is 4.32. The van der Waals surface area contributed by atoms with Gasteiger partial charge in [-0.05, 0) is 37.0 Å². The van der Waals surface area contributed by atoms with Crippen LogP contribution in [0.2, 0.25) is 0 Å². The van der Waals surface area contributed by atoms with Gasteiger partial charge in [0, 0.05) is 19.3 Å². The molecule has 0 rings (SSSR count). The van der Waals surface area contributed by atoms with E-state index < -0.39 is 6.10 Å². The topological polar surface area (TPSA) is 78.9 Å². The second-order valence-electron chi connectivity index (χ2n) is 17.9. The van der Waals surface area contributed by atoms with Crippen molar-refractivity contribution in [3.8, 4) is 0 Å². The van der Waals surface area contributed by atoms with E-state index in [2.05, 4.69) is 41.5 Å². The van der Waals surface area contributed by atoms with Crippen LogP contribution in [0.1, 0.15) is 260 Å². The van der Waals surface area contributed by atoms with E-state index in [-0.39, 0.29) is 31.1 Å². The van der Waals surface area contributed by atoms with Gasteiger partial charge in [0.1, 0.15) is 13.2 Å². The number of ether oxygens (including phenoxy) is 3. The number of hydrogen-bond acceptors (Lipinski definition) is 6. The molecule has 0 aromatic rings. The molecule has 0 aromatic carbocycles. The van der Waals surface area contributed by atoms with E-state index in [1.54, 1.807) is 0 Å². The van der Waals surface area contributed by atoms with Crippen molar-refractivity contribution in [3.63, 3.8) is 0 Å². The summed E-state index contributed by atoms with van der Waals surface area (Å²) in [5.41, 5.74) is 0. The molecule has 0 amide bonds. The summed E-state index contributed by atoms with van der Waals surface area (Å²) < 4.78 is 16.7. The number of rotatable bonds is 42. The van der Waals surface area contributed by atoms with Crippen molar-refractivity contribution in [1.29, 1.82) is 0 Å². The Labute approximate surface area is 342 Å². The minimum atomic E-state index is -0.762. The van der Waals surface area contributed by atoms with Crippen LogP contribution in [0.4, 0.5) is 0 Å². The van der Waals surface area contributed by atoms with E-state index in [0.717, 1.165) is 75.5 Å². The molecule has 0 saturated carbocycles. The maximum atomic E-state index is 12.7. The Bertz CT molecular complexity index is 854. The highest BCUT2D eigenvalue weighted by atomic mass is 16.6. The molecule has 1 unspecified atom stereocenters. The summed E-state index contributed by atoms with van der Waals surface area (Å²) in [5, 5.41) is 0. The summed E-state index contributed by atoms with van der Waals surface area (Å²) in [4.78, 5) is 37.8. The first kappa shape index (κ1) is 53.4. The van der Waals surface area contributed by atoms with E-state index in [1.165, 1.54) is 141 Å². The minimum Gasteiger partial charge on any atom is -0.462 e. The molecule has 0 fully saturated rings. The van der Waals surface area contributed by atoms with Crippen LogP contribution >= 0.6 is 0 Å². The van der Waals surface area contributed by atoms with Gasteiger partial charge >= 0.3 is 17.9 Å². The molecule has 0 heterocycles. The molecule has 2 atom stereocenters. The van der Waals surface area contributed by atoms with Gasteiger partial charge in [0.05, 0.1) is 0 Å². The third-order valence-electron chi connectivity index (χ3n) is 11.3. The third-order valence-corrected chi connectivity index (χ3v) is 11.3. The largest absolute Gasteiger partial charge is 0.462 e. The number of carbonyl (C=O) groups is 3. The fraction of sp³-hybridized carbons (Fsp3) is 0.939. The van der Waals surface area contributed by atoms with Crippen LogP contribution in [0.5, 0.6) is 0 Å². The minimum absolute atomic E-state index is 0.0665. The number of hydrogen-bond donors (Lipinski definition) is 0. The van der Waals surface area contributed by atoms with Gasteiger partial charge in [-0.15, -0.1) is 0 Å². The maximum absolute atomic E-state index is 12.7. The van der Waals surface area contributed by atoms with E-state index in [4.69, 9.17) is 14.2 Å². The Morgan fingerprint density at radius 2 is 0.636 bits per heavy atom. The van der Waals surface area contributed by atoms with Crippen LogP contribution in [0, 0.1) is 17.8 Å². The van der Waals surface area contributed by atoms with Crippen LogP contribution in [0.3, 0.4) is 0 Å². The van der Waals surface area contributed by atoms with Crippen molar-refractivity contribution in [1.82, 2.24) is 0 Å². The Morgan fingerprint density at radius 1 is 0.364 bits per heavy atom. The van der Waals surface area contributed by atoms with Crippen LogP contribution in [-0.2, 0) is 28.6 Å². The van der Waals surface area contributed by atoms with Crippen LogP contribution < -0.4 is 0 Å². The van der Waals surface area contributed by atoms with Gasteiger partial charge in [-0.25, -0.2) is 0 Å². The molecule has 0 saturated heterocycles. The van der Waals surface area contributed by atoms with Gasteiger partial charge < -0.3 is 14.2 Å². The highest BCUT2D eigenvalue weighted by Gasteiger charge is 2.19. The maximum Gasteiger partial charge on any atom is 0.306 e. The number of esters is 3.